The summed E-state index contributed by atoms with van der Waals surface area (Å²) in [6.07, 6.45) is 1.52. The molecule has 0 aromatic heterocycles. The molecule has 3 rings (SSSR count). The van der Waals surface area contributed by atoms with Crippen LogP contribution in [0.25, 0.3) is 6.08 Å². The maximum atomic E-state index is 13.7. The lowest BCUT2D eigenvalue weighted by molar-refractivity contribution is -0.117. The van der Waals surface area contributed by atoms with E-state index in [2.05, 4.69) is 5.32 Å². The number of amides is 1. The molecule has 1 heterocycles. The lowest BCUT2D eigenvalue weighted by Crippen LogP contribution is -2.49. The Hall–Kier alpha value is -2.69. The topological polar surface area (TPSA) is 69.7 Å². The van der Waals surface area contributed by atoms with Gasteiger partial charge in [0.25, 0.3) is 0 Å². The minimum Gasteiger partial charge on any atom is -0.322 e. The molecule has 1 N–H and O–H groups in total. The van der Waals surface area contributed by atoms with Gasteiger partial charge in [0.15, 0.2) is 17.5 Å². The first-order valence-corrected chi connectivity index (χ1v) is 10.7. The molecule has 1 aliphatic rings. The van der Waals surface area contributed by atoms with Gasteiger partial charge in [0.2, 0.25) is 15.9 Å². The average molecular weight is 439 g/mol. The maximum absolute atomic E-state index is 13.7. The first-order valence-electron chi connectivity index (χ1n) is 9.15. The number of hydrogen-bond donors (Lipinski definition) is 1. The van der Waals surface area contributed by atoms with E-state index < -0.39 is 39.1 Å². The van der Waals surface area contributed by atoms with E-state index in [9.17, 15) is 26.4 Å². The molecule has 1 amide bonds. The number of halogens is 3. The number of carbonyl (C=O) groups is 1. The van der Waals surface area contributed by atoms with Crippen molar-refractivity contribution in [3.8, 4) is 0 Å². The summed E-state index contributed by atoms with van der Waals surface area (Å²) >= 11 is 0. The Bertz CT molecular complexity index is 1040. The predicted octanol–water partition coefficient (Wildman–Crippen LogP) is 2.66. The fourth-order valence-electron chi connectivity index (χ4n) is 2.97. The Morgan fingerprint density at radius 2 is 1.63 bits per heavy atom. The van der Waals surface area contributed by atoms with Crippen molar-refractivity contribution in [3.05, 3.63) is 70.9 Å². The third kappa shape index (κ3) is 5.47. The molecule has 2 aromatic rings. The van der Waals surface area contributed by atoms with Crippen LogP contribution < -0.4 is 5.32 Å². The van der Waals surface area contributed by atoms with Gasteiger partial charge in [-0.1, -0.05) is 30.3 Å². The summed E-state index contributed by atoms with van der Waals surface area (Å²) in [7, 11) is -3.60. The van der Waals surface area contributed by atoms with E-state index in [4.69, 9.17) is 0 Å². The van der Waals surface area contributed by atoms with Crippen molar-refractivity contribution in [2.24, 2.45) is 0 Å². The van der Waals surface area contributed by atoms with Crippen LogP contribution in [0.1, 0.15) is 5.56 Å². The second-order valence-corrected chi connectivity index (χ2v) is 8.52. The lowest BCUT2D eigenvalue weighted by Gasteiger charge is -2.32. The molecule has 0 atom stereocenters. The second-order valence-electron chi connectivity index (χ2n) is 6.70. The highest BCUT2D eigenvalue weighted by Gasteiger charge is 2.26. The van der Waals surface area contributed by atoms with Crippen LogP contribution >= 0.6 is 0 Å². The number of nitrogens with one attached hydrogen (secondary N) is 1. The van der Waals surface area contributed by atoms with Gasteiger partial charge in [-0.3, -0.25) is 9.69 Å². The molecule has 0 radical (unpaired) electrons. The predicted molar refractivity (Wildman–Crippen MR) is 107 cm³/mol. The number of sulfonamides is 1. The van der Waals surface area contributed by atoms with Gasteiger partial charge < -0.3 is 5.32 Å². The number of benzene rings is 2. The summed E-state index contributed by atoms with van der Waals surface area (Å²) in [5.74, 6) is -5.08. The van der Waals surface area contributed by atoms with Crippen molar-refractivity contribution in [3.63, 3.8) is 0 Å². The molecule has 0 unspecified atom stereocenters. The molecule has 0 spiro atoms. The normalized spacial score (nSPS) is 16.1. The van der Waals surface area contributed by atoms with Crippen LogP contribution in [-0.4, -0.2) is 56.3 Å². The third-order valence-corrected chi connectivity index (χ3v) is 6.16. The Labute approximate surface area is 172 Å². The molecule has 0 bridgehead atoms. The lowest BCUT2D eigenvalue weighted by atomic mass is 10.2. The Morgan fingerprint density at radius 3 is 2.30 bits per heavy atom. The Morgan fingerprint density at radius 1 is 0.967 bits per heavy atom. The van der Waals surface area contributed by atoms with Crippen molar-refractivity contribution >= 4 is 27.7 Å². The summed E-state index contributed by atoms with van der Waals surface area (Å²) in [5, 5.41) is 3.35. The second kappa shape index (κ2) is 9.41. The summed E-state index contributed by atoms with van der Waals surface area (Å²) in [6, 6.07) is 10.7. The largest absolute Gasteiger partial charge is 0.322 e. The number of anilines is 1. The smallest absolute Gasteiger partial charge is 0.238 e. The summed E-state index contributed by atoms with van der Waals surface area (Å²) < 4.78 is 66.1. The van der Waals surface area contributed by atoms with Gasteiger partial charge in [0.05, 0.1) is 12.2 Å². The van der Waals surface area contributed by atoms with Crippen molar-refractivity contribution in [1.82, 2.24) is 9.21 Å². The zero-order valence-electron chi connectivity index (χ0n) is 15.9. The molecule has 1 saturated heterocycles. The minimum atomic E-state index is -3.60. The van der Waals surface area contributed by atoms with Gasteiger partial charge in [-0.25, -0.2) is 21.6 Å². The summed E-state index contributed by atoms with van der Waals surface area (Å²) in [6.45, 7) is 0.840. The van der Waals surface area contributed by atoms with Gasteiger partial charge in [0.1, 0.15) is 0 Å². The summed E-state index contributed by atoms with van der Waals surface area (Å²) in [4.78, 5) is 13.8. The van der Waals surface area contributed by atoms with Gasteiger partial charge >= 0.3 is 0 Å². The molecular weight excluding hydrogens is 419 g/mol. The zero-order chi connectivity index (χ0) is 21.7. The van der Waals surface area contributed by atoms with E-state index in [1.54, 1.807) is 17.0 Å². The molecule has 30 heavy (non-hydrogen) atoms. The van der Waals surface area contributed by atoms with Crippen LogP contribution in [-0.2, 0) is 14.8 Å². The molecule has 6 nitrogen and oxygen atoms in total. The number of piperazine rings is 1. The van der Waals surface area contributed by atoms with E-state index in [1.807, 2.05) is 18.2 Å². The van der Waals surface area contributed by atoms with Crippen molar-refractivity contribution in [2.75, 3.05) is 38.0 Å². The first kappa shape index (κ1) is 22.0. The summed E-state index contributed by atoms with van der Waals surface area (Å²) in [5.41, 5.74) is 0.312. The molecule has 1 fully saturated rings. The van der Waals surface area contributed by atoms with Gasteiger partial charge in [-0.15, -0.1) is 0 Å². The molecule has 1 aliphatic heterocycles. The highest BCUT2D eigenvalue weighted by Crippen LogP contribution is 2.19. The number of hydrogen-bond acceptors (Lipinski definition) is 4. The minimum absolute atomic E-state index is 0.133. The first-order chi connectivity index (χ1) is 14.3. The standard InChI is InChI=1S/C20H20F3N3O3S/c21-16-6-7-17(20(23)19(16)22)24-18(27)14-25-9-11-26(12-10-25)30(28,29)13-8-15-4-2-1-3-5-15/h1-8,13H,9-12,14H2,(H,24,27)/b13-8+. The van der Waals surface area contributed by atoms with E-state index in [0.717, 1.165) is 23.1 Å². The fourth-order valence-corrected chi connectivity index (χ4v) is 4.15. The maximum Gasteiger partial charge on any atom is 0.238 e. The van der Waals surface area contributed by atoms with Crippen LogP contribution in [0.4, 0.5) is 18.9 Å². The Balaban J connectivity index is 1.52. The van der Waals surface area contributed by atoms with Gasteiger partial charge in [0, 0.05) is 31.6 Å². The van der Waals surface area contributed by atoms with Gasteiger partial charge in [-0.2, -0.15) is 4.31 Å². The molecule has 10 heteroatoms. The van der Waals surface area contributed by atoms with Crippen molar-refractivity contribution in [1.29, 1.82) is 0 Å². The van der Waals surface area contributed by atoms with Crippen LogP contribution in [0.5, 0.6) is 0 Å². The van der Waals surface area contributed by atoms with Crippen LogP contribution in [0, 0.1) is 17.5 Å². The average Bonchev–Trinajstić information content (AvgIpc) is 2.74. The highest BCUT2D eigenvalue weighted by molar-refractivity contribution is 7.92. The van der Waals surface area contributed by atoms with Crippen LogP contribution in [0.15, 0.2) is 47.9 Å². The zero-order valence-corrected chi connectivity index (χ0v) is 16.7. The van der Waals surface area contributed by atoms with E-state index in [1.165, 1.54) is 10.4 Å². The fraction of sp³-hybridized carbons (Fsp3) is 0.250. The molecular formula is C20H20F3N3O3S. The monoisotopic (exact) mass is 439 g/mol. The number of rotatable bonds is 6. The quantitative estimate of drug-likeness (QED) is 0.703. The number of carbonyl (C=O) groups excluding carboxylic acids is 1. The Kier molecular flexibility index (Phi) is 6.91. The van der Waals surface area contributed by atoms with Crippen LogP contribution in [0.2, 0.25) is 0 Å². The van der Waals surface area contributed by atoms with Crippen LogP contribution in [0.3, 0.4) is 0 Å². The molecule has 160 valence electrons. The molecule has 2 aromatic carbocycles. The number of nitrogens with zero attached hydrogens (tertiary/aromatic N) is 2. The van der Waals surface area contributed by atoms with Crippen molar-refractivity contribution < 1.29 is 26.4 Å². The SMILES string of the molecule is O=C(CN1CCN(S(=O)(=O)/C=C/c2ccccc2)CC1)Nc1ccc(F)c(F)c1F. The molecule has 0 saturated carbocycles. The van der Waals surface area contributed by atoms with Gasteiger partial charge in [-0.05, 0) is 23.8 Å². The van der Waals surface area contributed by atoms with Crippen molar-refractivity contribution in [2.45, 2.75) is 0 Å². The van der Waals surface area contributed by atoms with E-state index in [0.29, 0.717) is 13.1 Å². The molecule has 0 aliphatic carbocycles. The van der Waals surface area contributed by atoms with E-state index in [-0.39, 0.29) is 19.6 Å². The van der Waals surface area contributed by atoms with E-state index >= 15 is 0 Å². The third-order valence-electron chi connectivity index (χ3n) is 4.60. The highest BCUT2D eigenvalue weighted by atomic mass is 32.2.